The Labute approximate surface area is 113 Å². The molecule has 2 aliphatic rings. The zero-order chi connectivity index (χ0) is 13.4. The Hall–Kier alpha value is -0.0800. The van der Waals surface area contributed by atoms with Crippen molar-refractivity contribution in [1.82, 2.24) is 5.32 Å². The summed E-state index contributed by atoms with van der Waals surface area (Å²) in [6, 6.07) is 0.601. The highest BCUT2D eigenvalue weighted by Gasteiger charge is 2.43. The molecule has 1 aliphatic carbocycles. The molecule has 1 N–H and O–H groups in total. The molecular formula is C16H31NO. The van der Waals surface area contributed by atoms with Gasteiger partial charge < -0.3 is 4.74 Å². The molecule has 0 radical (unpaired) electrons. The molecule has 2 fully saturated rings. The summed E-state index contributed by atoms with van der Waals surface area (Å²) in [4.78, 5) is 0. The normalized spacial score (nSPS) is 42.2. The second-order valence-electron chi connectivity index (χ2n) is 7.32. The van der Waals surface area contributed by atoms with Crippen molar-refractivity contribution >= 4 is 0 Å². The van der Waals surface area contributed by atoms with Gasteiger partial charge in [0.25, 0.3) is 0 Å². The van der Waals surface area contributed by atoms with E-state index in [1.165, 1.54) is 32.1 Å². The summed E-state index contributed by atoms with van der Waals surface area (Å²) >= 11 is 0. The smallest absolute Gasteiger partial charge is 0.119 e. The van der Waals surface area contributed by atoms with Gasteiger partial charge in [0, 0.05) is 6.04 Å². The maximum atomic E-state index is 6.27. The summed E-state index contributed by atoms with van der Waals surface area (Å²) in [6.07, 6.45) is 7.85. The van der Waals surface area contributed by atoms with Gasteiger partial charge in [0.05, 0.1) is 6.10 Å². The van der Waals surface area contributed by atoms with E-state index in [2.05, 4.69) is 39.9 Å². The molecule has 1 heterocycles. The molecule has 2 unspecified atom stereocenters. The van der Waals surface area contributed by atoms with E-state index in [1.807, 2.05) is 0 Å². The van der Waals surface area contributed by atoms with Crippen LogP contribution >= 0.6 is 0 Å². The van der Waals surface area contributed by atoms with Crippen LogP contribution in [0.25, 0.3) is 0 Å². The highest BCUT2D eigenvalue weighted by molar-refractivity contribution is 4.94. The third-order valence-electron chi connectivity index (χ3n) is 5.43. The fraction of sp³-hybridized carbons (Fsp3) is 1.00. The maximum absolute atomic E-state index is 6.27. The lowest BCUT2D eigenvalue weighted by atomic mass is 9.67. The van der Waals surface area contributed by atoms with Gasteiger partial charge in [-0.3, -0.25) is 5.32 Å². The summed E-state index contributed by atoms with van der Waals surface area (Å²) in [5, 5.41) is 3.73. The summed E-state index contributed by atoms with van der Waals surface area (Å²) in [5.74, 6) is 0.867. The van der Waals surface area contributed by atoms with Crippen LogP contribution in [0.1, 0.15) is 73.1 Å². The largest absolute Gasteiger partial charge is 0.358 e. The predicted molar refractivity (Wildman–Crippen MR) is 76.5 cm³/mol. The van der Waals surface area contributed by atoms with E-state index in [0.717, 1.165) is 12.3 Å². The van der Waals surface area contributed by atoms with E-state index in [9.17, 15) is 0 Å². The molecule has 1 spiro atoms. The van der Waals surface area contributed by atoms with E-state index in [0.29, 0.717) is 17.6 Å². The Balaban J connectivity index is 1.97. The second kappa shape index (κ2) is 5.13. The second-order valence-corrected chi connectivity index (χ2v) is 7.32. The standard InChI is InChI=1S/C16H31NO/c1-6-15(4,5)14-7-9-16(10-8-14)17-12(2)11-13(3)18-16/h12-14,17H,6-11H2,1-5H3. The molecule has 0 aromatic heterocycles. The van der Waals surface area contributed by atoms with Gasteiger partial charge in [-0.2, -0.15) is 0 Å². The monoisotopic (exact) mass is 253 g/mol. The molecule has 0 aromatic rings. The summed E-state index contributed by atoms with van der Waals surface area (Å²) in [5.41, 5.74) is 0.491. The van der Waals surface area contributed by atoms with Gasteiger partial charge in [-0.15, -0.1) is 0 Å². The lowest BCUT2D eigenvalue weighted by Crippen LogP contribution is -2.59. The average Bonchev–Trinajstić information content (AvgIpc) is 2.28. The minimum absolute atomic E-state index is 0.00257. The SMILES string of the molecule is CCC(C)(C)C1CCC2(CC1)NC(C)CC(C)O2. The van der Waals surface area contributed by atoms with Crippen molar-refractivity contribution < 1.29 is 4.74 Å². The Morgan fingerprint density at radius 3 is 2.33 bits per heavy atom. The van der Waals surface area contributed by atoms with Crippen LogP contribution in [-0.4, -0.2) is 17.9 Å². The highest BCUT2D eigenvalue weighted by Crippen LogP contribution is 2.45. The molecule has 0 aromatic carbocycles. The molecule has 2 nitrogen and oxygen atoms in total. The van der Waals surface area contributed by atoms with Gasteiger partial charge in [-0.05, 0) is 57.3 Å². The van der Waals surface area contributed by atoms with Crippen molar-refractivity contribution in [3.63, 3.8) is 0 Å². The third kappa shape index (κ3) is 2.91. The van der Waals surface area contributed by atoms with Gasteiger partial charge in [0.2, 0.25) is 0 Å². The Bertz CT molecular complexity index is 267. The van der Waals surface area contributed by atoms with Crippen LogP contribution < -0.4 is 5.32 Å². The van der Waals surface area contributed by atoms with Crippen LogP contribution in [0, 0.1) is 11.3 Å². The molecule has 0 amide bonds. The van der Waals surface area contributed by atoms with Gasteiger partial charge in [-0.25, -0.2) is 0 Å². The van der Waals surface area contributed by atoms with Crippen LogP contribution in [-0.2, 0) is 4.74 Å². The Morgan fingerprint density at radius 1 is 1.22 bits per heavy atom. The van der Waals surface area contributed by atoms with E-state index in [4.69, 9.17) is 4.74 Å². The van der Waals surface area contributed by atoms with E-state index in [-0.39, 0.29) is 5.72 Å². The lowest BCUT2D eigenvalue weighted by molar-refractivity contribution is -0.173. The molecule has 2 atom stereocenters. The van der Waals surface area contributed by atoms with Crippen molar-refractivity contribution in [2.45, 2.75) is 91.0 Å². The molecule has 18 heavy (non-hydrogen) atoms. The topological polar surface area (TPSA) is 21.3 Å². The molecular weight excluding hydrogens is 222 g/mol. The molecule has 2 rings (SSSR count). The number of ether oxygens (including phenoxy) is 1. The number of hydrogen-bond donors (Lipinski definition) is 1. The van der Waals surface area contributed by atoms with E-state index in [1.54, 1.807) is 0 Å². The minimum Gasteiger partial charge on any atom is -0.358 e. The predicted octanol–water partition coefficient (Wildman–Crippen LogP) is 4.10. The zero-order valence-electron chi connectivity index (χ0n) is 12.9. The first-order chi connectivity index (χ1) is 8.37. The van der Waals surface area contributed by atoms with Gasteiger partial charge in [0.15, 0.2) is 0 Å². The molecule has 0 bridgehead atoms. The maximum Gasteiger partial charge on any atom is 0.119 e. The van der Waals surface area contributed by atoms with Crippen LogP contribution in [0.15, 0.2) is 0 Å². The van der Waals surface area contributed by atoms with Crippen molar-refractivity contribution in [3.05, 3.63) is 0 Å². The van der Waals surface area contributed by atoms with Crippen molar-refractivity contribution in [1.29, 1.82) is 0 Å². The summed E-state index contributed by atoms with van der Waals surface area (Å²) in [6.45, 7) is 11.7. The summed E-state index contributed by atoms with van der Waals surface area (Å²) in [7, 11) is 0. The lowest BCUT2D eigenvalue weighted by Gasteiger charge is -2.50. The highest BCUT2D eigenvalue weighted by atomic mass is 16.5. The van der Waals surface area contributed by atoms with Crippen molar-refractivity contribution in [2.24, 2.45) is 11.3 Å². The number of hydrogen-bond acceptors (Lipinski definition) is 2. The zero-order valence-corrected chi connectivity index (χ0v) is 12.9. The van der Waals surface area contributed by atoms with E-state index >= 15 is 0 Å². The molecule has 2 heteroatoms. The first-order valence-electron chi connectivity index (χ1n) is 7.82. The Kier molecular flexibility index (Phi) is 4.08. The third-order valence-corrected chi connectivity index (χ3v) is 5.43. The quantitative estimate of drug-likeness (QED) is 0.800. The van der Waals surface area contributed by atoms with Crippen LogP contribution in [0.4, 0.5) is 0 Å². The molecule has 1 saturated heterocycles. The summed E-state index contributed by atoms with van der Waals surface area (Å²) < 4.78 is 6.27. The molecule has 1 saturated carbocycles. The fourth-order valence-corrected chi connectivity index (χ4v) is 3.89. The first-order valence-corrected chi connectivity index (χ1v) is 7.82. The van der Waals surface area contributed by atoms with Gasteiger partial charge >= 0.3 is 0 Å². The van der Waals surface area contributed by atoms with Crippen molar-refractivity contribution in [3.8, 4) is 0 Å². The van der Waals surface area contributed by atoms with Crippen LogP contribution in [0.5, 0.6) is 0 Å². The fourth-order valence-electron chi connectivity index (χ4n) is 3.89. The minimum atomic E-state index is -0.00257. The molecule has 106 valence electrons. The molecule has 1 aliphatic heterocycles. The number of nitrogens with one attached hydrogen (secondary N) is 1. The Morgan fingerprint density at radius 2 is 1.83 bits per heavy atom. The van der Waals surface area contributed by atoms with Crippen LogP contribution in [0.3, 0.4) is 0 Å². The van der Waals surface area contributed by atoms with Gasteiger partial charge in [0.1, 0.15) is 5.72 Å². The van der Waals surface area contributed by atoms with Crippen molar-refractivity contribution in [2.75, 3.05) is 0 Å². The van der Waals surface area contributed by atoms with Crippen LogP contribution in [0.2, 0.25) is 0 Å². The average molecular weight is 253 g/mol. The van der Waals surface area contributed by atoms with Gasteiger partial charge in [-0.1, -0.05) is 27.2 Å². The first kappa shape index (κ1) is 14.3. The van der Waals surface area contributed by atoms with E-state index < -0.39 is 0 Å². The number of rotatable bonds is 2.